The van der Waals surface area contributed by atoms with Crippen molar-refractivity contribution in [2.75, 3.05) is 13.2 Å². The molecule has 2 heteroatoms. The molecule has 13 heavy (non-hydrogen) atoms. The molecule has 0 spiro atoms. The van der Waals surface area contributed by atoms with Crippen LogP contribution in [0.4, 0.5) is 0 Å². The number of aliphatic hydroxyl groups excluding tert-OH is 1. The molecule has 0 aromatic rings. The third kappa shape index (κ3) is 4.10. The molecule has 0 heterocycles. The van der Waals surface area contributed by atoms with Crippen LogP contribution in [0.2, 0.25) is 0 Å². The molecular formula is C11H23NO. The van der Waals surface area contributed by atoms with Gasteiger partial charge < -0.3 is 10.4 Å². The first-order valence-corrected chi connectivity index (χ1v) is 5.69. The Kier molecular flexibility index (Phi) is 4.74. The molecule has 0 atom stereocenters. The van der Waals surface area contributed by atoms with Crippen molar-refractivity contribution in [3.8, 4) is 0 Å². The van der Waals surface area contributed by atoms with E-state index in [0.29, 0.717) is 6.61 Å². The normalized spacial score (nSPS) is 18.9. The number of hydrogen-bond acceptors (Lipinski definition) is 2. The molecule has 78 valence electrons. The number of hydrogen-bond donors (Lipinski definition) is 2. The van der Waals surface area contributed by atoms with Crippen LogP contribution in [-0.4, -0.2) is 23.8 Å². The second-order valence-corrected chi connectivity index (χ2v) is 4.28. The SMILES string of the molecule is CCCCCCCNC1(CO)CC1. The van der Waals surface area contributed by atoms with Gasteiger partial charge in [-0.05, 0) is 25.8 Å². The minimum absolute atomic E-state index is 0.144. The Balaban J connectivity index is 1.84. The second-order valence-electron chi connectivity index (χ2n) is 4.28. The largest absolute Gasteiger partial charge is 0.394 e. The summed E-state index contributed by atoms with van der Waals surface area (Å²) < 4.78 is 0. The van der Waals surface area contributed by atoms with Crippen LogP contribution >= 0.6 is 0 Å². The molecule has 0 amide bonds. The summed E-state index contributed by atoms with van der Waals surface area (Å²) >= 11 is 0. The van der Waals surface area contributed by atoms with E-state index in [1.165, 1.54) is 44.9 Å². The summed E-state index contributed by atoms with van der Waals surface area (Å²) in [5.41, 5.74) is 0.144. The summed E-state index contributed by atoms with van der Waals surface area (Å²) in [5.74, 6) is 0. The lowest BCUT2D eigenvalue weighted by molar-refractivity contribution is 0.230. The zero-order chi connectivity index (χ0) is 9.57. The molecule has 0 aromatic heterocycles. The molecule has 1 fully saturated rings. The first kappa shape index (κ1) is 11.0. The number of unbranched alkanes of at least 4 members (excludes halogenated alkanes) is 4. The molecule has 0 radical (unpaired) electrons. The molecule has 0 bridgehead atoms. The van der Waals surface area contributed by atoms with E-state index in [4.69, 9.17) is 5.11 Å². The minimum atomic E-state index is 0.144. The standard InChI is InChI=1S/C11H23NO/c1-2-3-4-5-6-9-12-11(10-13)7-8-11/h12-13H,2-10H2,1H3. The van der Waals surface area contributed by atoms with Crippen LogP contribution in [0.5, 0.6) is 0 Å². The van der Waals surface area contributed by atoms with Gasteiger partial charge in [-0.2, -0.15) is 0 Å². The predicted molar refractivity (Wildman–Crippen MR) is 55.8 cm³/mol. The predicted octanol–water partition coefficient (Wildman–Crippen LogP) is 2.07. The summed E-state index contributed by atoms with van der Waals surface area (Å²) in [6.45, 7) is 3.65. The summed E-state index contributed by atoms with van der Waals surface area (Å²) in [6.07, 6.45) is 8.98. The maximum absolute atomic E-state index is 9.03. The van der Waals surface area contributed by atoms with Crippen LogP contribution in [0, 0.1) is 0 Å². The third-order valence-electron chi connectivity index (χ3n) is 2.94. The van der Waals surface area contributed by atoms with Gasteiger partial charge in [-0.15, -0.1) is 0 Å². The summed E-state index contributed by atoms with van der Waals surface area (Å²) in [6, 6.07) is 0. The lowest BCUT2D eigenvalue weighted by Crippen LogP contribution is -2.35. The fraction of sp³-hybridized carbons (Fsp3) is 1.00. The molecular weight excluding hydrogens is 162 g/mol. The molecule has 2 nitrogen and oxygen atoms in total. The highest BCUT2D eigenvalue weighted by atomic mass is 16.3. The Morgan fingerprint density at radius 2 is 1.85 bits per heavy atom. The first-order valence-electron chi connectivity index (χ1n) is 5.69. The molecule has 1 rings (SSSR count). The zero-order valence-electron chi connectivity index (χ0n) is 8.81. The van der Waals surface area contributed by atoms with Crippen LogP contribution in [0.3, 0.4) is 0 Å². The average molecular weight is 185 g/mol. The molecule has 0 saturated heterocycles. The van der Waals surface area contributed by atoms with Crippen molar-refractivity contribution in [1.29, 1.82) is 0 Å². The van der Waals surface area contributed by atoms with Crippen LogP contribution in [0.15, 0.2) is 0 Å². The fourth-order valence-corrected chi connectivity index (χ4v) is 1.62. The molecule has 0 aliphatic heterocycles. The smallest absolute Gasteiger partial charge is 0.0613 e. The molecule has 0 unspecified atom stereocenters. The maximum Gasteiger partial charge on any atom is 0.0613 e. The minimum Gasteiger partial charge on any atom is -0.394 e. The van der Waals surface area contributed by atoms with E-state index in [1.807, 2.05) is 0 Å². The highest BCUT2D eigenvalue weighted by Crippen LogP contribution is 2.34. The van der Waals surface area contributed by atoms with Crippen molar-refractivity contribution in [3.63, 3.8) is 0 Å². The van der Waals surface area contributed by atoms with Crippen molar-refractivity contribution in [2.24, 2.45) is 0 Å². The third-order valence-corrected chi connectivity index (χ3v) is 2.94. The van der Waals surface area contributed by atoms with E-state index in [9.17, 15) is 0 Å². The highest BCUT2D eigenvalue weighted by molar-refractivity contribution is 5.01. The zero-order valence-corrected chi connectivity index (χ0v) is 8.81. The van der Waals surface area contributed by atoms with Crippen LogP contribution < -0.4 is 5.32 Å². The molecule has 1 aliphatic rings. The summed E-state index contributed by atoms with van der Waals surface area (Å²) in [7, 11) is 0. The van der Waals surface area contributed by atoms with Gasteiger partial charge in [0.05, 0.1) is 6.61 Å². The molecule has 1 aliphatic carbocycles. The van der Waals surface area contributed by atoms with E-state index in [1.54, 1.807) is 0 Å². The topological polar surface area (TPSA) is 32.3 Å². The van der Waals surface area contributed by atoms with Crippen LogP contribution in [0.1, 0.15) is 51.9 Å². The lowest BCUT2D eigenvalue weighted by atomic mass is 10.1. The van der Waals surface area contributed by atoms with Crippen molar-refractivity contribution in [1.82, 2.24) is 5.32 Å². The number of rotatable bonds is 8. The van der Waals surface area contributed by atoms with Crippen molar-refractivity contribution in [3.05, 3.63) is 0 Å². The van der Waals surface area contributed by atoms with E-state index in [-0.39, 0.29) is 5.54 Å². The van der Waals surface area contributed by atoms with Gasteiger partial charge in [0, 0.05) is 5.54 Å². The second kappa shape index (κ2) is 5.61. The summed E-state index contributed by atoms with van der Waals surface area (Å²) in [5, 5.41) is 12.5. The Morgan fingerprint density at radius 3 is 2.38 bits per heavy atom. The monoisotopic (exact) mass is 185 g/mol. The van der Waals surface area contributed by atoms with Gasteiger partial charge in [-0.1, -0.05) is 32.6 Å². The highest BCUT2D eigenvalue weighted by Gasteiger charge is 2.40. The van der Waals surface area contributed by atoms with E-state index < -0.39 is 0 Å². The van der Waals surface area contributed by atoms with Gasteiger partial charge in [0.15, 0.2) is 0 Å². The van der Waals surface area contributed by atoms with Crippen LogP contribution in [-0.2, 0) is 0 Å². The van der Waals surface area contributed by atoms with Gasteiger partial charge in [-0.25, -0.2) is 0 Å². The number of nitrogens with one attached hydrogen (secondary N) is 1. The molecule has 0 aromatic carbocycles. The molecule has 1 saturated carbocycles. The first-order chi connectivity index (χ1) is 6.33. The van der Waals surface area contributed by atoms with E-state index >= 15 is 0 Å². The Bertz CT molecular complexity index is 132. The van der Waals surface area contributed by atoms with Crippen LogP contribution in [0.25, 0.3) is 0 Å². The quantitative estimate of drug-likeness (QED) is 0.567. The lowest BCUT2D eigenvalue weighted by Gasteiger charge is -2.13. The summed E-state index contributed by atoms with van der Waals surface area (Å²) in [4.78, 5) is 0. The maximum atomic E-state index is 9.03. The fourth-order valence-electron chi connectivity index (χ4n) is 1.62. The van der Waals surface area contributed by atoms with E-state index in [2.05, 4.69) is 12.2 Å². The number of aliphatic hydroxyl groups is 1. The van der Waals surface area contributed by atoms with E-state index in [0.717, 1.165) is 6.54 Å². The Morgan fingerprint density at radius 1 is 1.15 bits per heavy atom. The molecule has 2 N–H and O–H groups in total. The van der Waals surface area contributed by atoms with Crippen molar-refractivity contribution >= 4 is 0 Å². The van der Waals surface area contributed by atoms with Gasteiger partial charge in [0.1, 0.15) is 0 Å². The Labute approximate surface area is 81.7 Å². The Hall–Kier alpha value is -0.0800. The van der Waals surface area contributed by atoms with Gasteiger partial charge >= 0.3 is 0 Å². The van der Waals surface area contributed by atoms with Gasteiger partial charge in [-0.3, -0.25) is 0 Å². The van der Waals surface area contributed by atoms with Crippen molar-refractivity contribution in [2.45, 2.75) is 57.4 Å². The average Bonchev–Trinajstić information content (AvgIpc) is 2.92. The van der Waals surface area contributed by atoms with Gasteiger partial charge in [0.2, 0.25) is 0 Å². The van der Waals surface area contributed by atoms with Gasteiger partial charge in [0.25, 0.3) is 0 Å². The van der Waals surface area contributed by atoms with Crippen molar-refractivity contribution < 1.29 is 5.11 Å².